The van der Waals surface area contributed by atoms with Crippen LogP contribution in [0.25, 0.3) is 11.0 Å². The first-order chi connectivity index (χ1) is 14.1. The Balaban J connectivity index is 1.53. The van der Waals surface area contributed by atoms with Crippen molar-refractivity contribution >= 4 is 11.0 Å². The van der Waals surface area contributed by atoms with Crippen molar-refractivity contribution in [3.63, 3.8) is 0 Å². The second-order valence-electron chi connectivity index (χ2n) is 8.55. The van der Waals surface area contributed by atoms with E-state index in [4.69, 9.17) is 9.72 Å². The van der Waals surface area contributed by atoms with E-state index in [1.165, 1.54) is 49.0 Å². The molecule has 0 spiro atoms. The molecule has 1 aliphatic rings. The van der Waals surface area contributed by atoms with Crippen molar-refractivity contribution in [1.82, 2.24) is 14.5 Å². The van der Waals surface area contributed by atoms with E-state index >= 15 is 0 Å². The van der Waals surface area contributed by atoms with Crippen LogP contribution in [0.4, 0.5) is 0 Å². The number of aromatic nitrogens is 2. The molecule has 1 saturated heterocycles. The van der Waals surface area contributed by atoms with Gasteiger partial charge in [-0.25, -0.2) is 4.98 Å². The van der Waals surface area contributed by atoms with Gasteiger partial charge in [0.15, 0.2) is 0 Å². The van der Waals surface area contributed by atoms with Crippen molar-refractivity contribution in [2.24, 2.45) is 0 Å². The van der Waals surface area contributed by atoms with Crippen LogP contribution >= 0.6 is 0 Å². The van der Waals surface area contributed by atoms with Gasteiger partial charge in [-0.1, -0.05) is 44.5 Å². The molecule has 154 valence electrons. The zero-order valence-electron chi connectivity index (χ0n) is 18.0. The number of benzene rings is 2. The summed E-state index contributed by atoms with van der Waals surface area (Å²) in [7, 11) is 0. The average molecular weight is 392 g/mol. The fraction of sp³-hybridized carbons (Fsp3) is 0.480. The Kier molecular flexibility index (Phi) is 6.19. The highest BCUT2D eigenvalue weighted by atomic mass is 16.5. The maximum Gasteiger partial charge on any atom is 0.124 e. The Morgan fingerprint density at radius 1 is 1.03 bits per heavy atom. The van der Waals surface area contributed by atoms with Crippen LogP contribution in [0.5, 0.6) is 5.75 Å². The summed E-state index contributed by atoms with van der Waals surface area (Å²) < 4.78 is 8.64. The van der Waals surface area contributed by atoms with Crippen LogP contribution in [-0.2, 0) is 13.1 Å². The number of para-hydroxylation sites is 2. The van der Waals surface area contributed by atoms with E-state index in [1.807, 2.05) is 0 Å². The SMILES string of the molecule is Cc1ccc(C(C)C)c(OCCn2c(CN3CCCCC3)nc3ccccc32)c1. The third-order valence-electron chi connectivity index (χ3n) is 5.91. The van der Waals surface area contributed by atoms with Gasteiger partial charge in [0.1, 0.15) is 18.2 Å². The molecule has 0 N–H and O–H groups in total. The lowest BCUT2D eigenvalue weighted by molar-refractivity contribution is 0.211. The molecule has 0 saturated carbocycles. The first-order valence-corrected chi connectivity index (χ1v) is 11.0. The van der Waals surface area contributed by atoms with E-state index in [0.717, 1.165) is 30.2 Å². The van der Waals surface area contributed by atoms with Gasteiger partial charge in [0, 0.05) is 0 Å². The lowest BCUT2D eigenvalue weighted by Crippen LogP contribution is -2.30. The number of nitrogens with zero attached hydrogens (tertiary/aromatic N) is 3. The highest BCUT2D eigenvalue weighted by molar-refractivity contribution is 5.75. The quantitative estimate of drug-likeness (QED) is 0.530. The molecule has 0 bridgehead atoms. The fourth-order valence-electron chi connectivity index (χ4n) is 4.30. The molecular weight excluding hydrogens is 358 g/mol. The number of aryl methyl sites for hydroxylation is 1. The van der Waals surface area contributed by atoms with Crippen molar-refractivity contribution in [2.75, 3.05) is 19.7 Å². The van der Waals surface area contributed by atoms with Crippen LogP contribution < -0.4 is 4.74 Å². The summed E-state index contributed by atoms with van der Waals surface area (Å²) in [5, 5.41) is 0. The molecule has 0 atom stereocenters. The number of ether oxygens (including phenoxy) is 1. The topological polar surface area (TPSA) is 30.3 Å². The van der Waals surface area contributed by atoms with E-state index in [2.05, 4.69) is 72.7 Å². The maximum atomic E-state index is 6.28. The van der Waals surface area contributed by atoms with Crippen molar-refractivity contribution in [3.05, 3.63) is 59.4 Å². The first-order valence-electron chi connectivity index (χ1n) is 11.0. The Labute approximate surface area is 174 Å². The highest BCUT2D eigenvalue weighted by Gasteiger charge is 2.16. The van der Waals surface area contributed by atoms with Gasteiger partial charge in [0.25, 0.3) is 0 Å². The Hall–Kier alpha value is -2.33. The smallest absolute Gasteiger partial charge is 0.124 e. The van der Waals surface area contributed by atoms with Crippen LogP contribution in [0.2, 0.25) is 0 Å². The van der Waals surface area contributed by atoms with E-state index in [1.54, 1.807) is 0 Å². The van der Waals surface area contributed by atoms with Crippen molar-refractivity contribution in [1.29, 1.82) is 0 Å². The van der Waals surface area contributed by atoms with Crippen LogP contribution in [-0.4, -0.2) is 34.1 Å². The average Bonchev–Trinajstić information content (AvgIpc) is 3.06. The zero-order chi connectivity index (χ0) is 20.2. The molecular formula is C25H33N3O. The number of rotatable bonds is 7. The Morgan fingerprint density at radius 3 is 2.62 bits per heavy atom. The predicted octanol–water partition coefficient (Wildman–Crippen LogP) is 5.53. The predicted molar refractivity (Wildman–Crippen MR) is 120 cm³/mol. The minimum Gasteiger partial charge on any atom is -0.491 e. The highest BCUT2D eigenvalue weighted by Crippen LogP contribution is 2.28. The fourth-order valence-corrected chi connectivity index (χ4v) is 4.30. The van der Waals surface area contributed by atoms with Crippen molar-refractivity contribution in [2.45, 2.75) is 59.0 Å². The summed E-state index contributed by atoms with van der Waals surface area (Å²) in [5.41, 5.74) is 4.80. The summed E-state index contributed by atoms with van der Waals surface area (Å²) in [6.07, 6.45) is 3.96. The normalized spacial score (nSPS) is 15.3. The van der Waals surface area contributed by atoms with E-state index in [9.17, 15) is 0 Å². The lowest BCUT2D eigenvalue weighted by atomic mass is 10.0. The van der Waals surface area contributed by atoms with Crippen molar-refractivity contribution in [3.8, 4) is 5.75 Å². The molecule has 4 heteroatoms. The molecule has 2 heterocycles. The molecule has 1 fully saturated rings. The van der Waals surface area contributed by atoms with Crippen LogP contribution in [0.15, 0.2) is 42.5 Å². The first kappa shape index (κ1) is 20.0. The van der Waals surface area contributed by atoms with Crippen LogP contribution in [0.1, 0.15) is 56.0 Å². The second kappa shape index (κ2) is 9.00. The maximum absolute atomic E-state index is 6.28. The lowest BCUT2D eigenvalue weighted by Gasteiger charge is -2.26. The Morgan fingerprint density at radius 2 is 1.83 bits per heavy atom. The van der Waals surface area contributed by atoms with E-state index < -0.39 is 0 Å². The molecule has 0 radical (unpaired) electrons. The van der Waals surface area contributed by atoms with Crippen LogP contribution in [0, 0.1) is 6.92 Å². The van der Waals surface area contributed by atoms with Gasteiger partial charge in [0.05, 0.1) is 24.1 Å². The monoisotopic (exact) mass is 391 g/mol. The summed E-state index contributed by atoms with van der Waals surface area (Å²) in [6, 6.07) is 15.0. The standard InChI is InChI=1S/C25H33N3O/c1-19(2)21-12-11-20(3)17-24(21)29-16-15-28-23-10-6-5-9-22(23)26-25(28)18-27-13-7-4-8-14-27/h5-6,9-12,17,19H,4,7-8,13-16,18H2,1-3H3. The second-order valence-corrected chi connectivity index (χ2v) is 8.55. The number of hydrogen-bond acceptors (Lipinski definition) is 3. The number of imidazole rings is 1. The molecule has 3 aromatic rings. The van der Waals surface area contributed by atoms with Crippen LogP contribution in [0.3, 0.4) is 0 Å². The molecule has 2 aromatic carbocycles. The third-order valence-corrected chi connectivity index (χ3v) is 5.91. The summed E-state index contributed by atoms with van der Waals surface area (Å²) in [6.45, 7) is 11.3. The molecule has 4 nitrogen and oxygen atoms in total. The van der Waals surface area contributed by atoms with Gasteiger partial charge < -0.3 is 9.30 Å². The number of hydrogen-bond donors (Lipinski definition) is 0. The zero-order valence-corrected chi connectivity index (χ0v) is 18.0. The minimum atomic E-state index is 0.453. The summed E-state index contributed by atoms with van der Waals surface area (Å²) in [4.78, 5) is 7.50. The molecule has 0 unspecified atom stereocenters. The van der Waals surface area contributed by atoms with E-state index in [0.29, 0.717) is 12.5 Å². The molecule has 0 aliphatic carbocycles. The number of fused-ring (bicyclic) bond motifs is 1. The van der Waals surface area contributed by atoms with Gasteiger partial charge in [-0.2, -0.15) is 0 Å². The molecule has 1 aliphatic heterocycles. The van der Waals surface area contributed by atoms with Crippen molar-refractivity contribution < 1.29 is 4.74 Å². The molecule has 1 aromatic heterocycles. The van der Waals surface area contributed by atoms with E-state index in [-0.39, 0.29) is 0 Å². The molecule has 4 rings (SSSR count). The van der Waals surface area contributed by atoms with Gasteiger partial charge in [-0.05, 0) is 68.1 Å². The summed E-state index contributed by atoms with van der Waals surface area (Å²) >= 11 is 0. The van der Waals surface area contributed by atoms with Gasteiger partial charge in [-0.15, -0.1) is 0 Å². The van der Waals surface area contributed by atoms with Gasteiger partial charge >= 0.3 is 0 Å². The Bertz CT molecular complexity index is 954. The largest absolute Gasteiger partial charge is 0.491 e. The number of likely N-dealkylation sites (tertiary alicyclic amines) is 1. The van der Waals surface area contributed by atoms with Gasteiger partial charge in [0.2, 0.25) is 0 Å². The molecule has 0 amide bonds. The minimum absolute atomic E-state index is 0.453. The van der Waals surface area contributed by atoms with Gasteiger partial charge in [-0.3, -0.25) is 4.90 Å². The number of piperidine rings is 1. The third kappa shape index (κ3) is 4.64. The molecule has 29 heavy (non-hydrogen) atoms. The summed E-state index contributed by atoms with van der Waals surface area (Å²) in [5.74, 6) is 2.63.